The summed E-state index contributed by atoms with van der Waals surface area (Å²) in [6, 6.07) is 11.8. The summed E-state index contributed by atoms with van der Waals surface area (Å²) >= 11 is 0. The first-order valence-corrected chi connectivity index (χ1v) is 11.0. The molecular weight excluding hydrogens is 407 g/mol. The number of nitrogens with zero attached hydrogens (tertiary/aromatic N) is 2. The van der Waals surface area contributed by atoms with Gasteiger partial charge in [-0.15, -0.1) is 0 Å². The third-order valence-electron chi connectivity index (χ3n) is 5.14. The van der Waals surface area contributed by atoms with Gasteiger partial charge in [0.05, 0.1) is 22.8 Å². The van der Waals surface area contributed by atoms with E-state index in [1.165, 1.54) is 35.5 Å². The number of benzene rings is 2. The monoisotopic (exact) mass is 428 g/mol. The summed E-state index contributed by atoms with van der Waals surface area (Å²) < 4.78 is 41.4. The Kier molecular flexibility index (Phi) is 5.40. The topological polar surface area (TPSA) is 95.2 Å². The molecule has 0 saturated carbocycles. The van der Waals surface area contributed by atoms with Crippen LogP contribution in [0.15, 0.2) is 59.6 Å². The van der Waals surface area contributed by atoms with Crippen molar-refractivity contribution in [3.05, 3.63) is 66.2 Å². The third kappa shape index (κ3) is 3.86. The van der Waals surface area contributed by atoms with E-state index in [4.69, 9.17) is 0 Å². The minimum atomic E-state index is -3.75. The zero-order valence-electron chi connectivity index (χ0n) is 16.3. The lowest BCUT2D eigenvalue weighted by atomic mass is 10.0. The summed E-state index contributed by atoms with van der Waals surface area (Å²) in [6.45, 7) is 1.78. The molecule has 30 heavy (non-hydrogen) atoms. The van der Waals surface area contributed by atoms with Gasteiger partial charge >= 0.3 is 0 Å². The second-order valence-corrected chi connectivity index (χ2v) is 9.07. The van der Waals surface area contributed by atoms with Crippen molar-refractivity contribution in [3.63, 3.8) is 0 Å². The molecule has 0 spiro atoms. The summed E-state index contributed by atoms with van der Waals surface area (Å²) in [6.07, 6.45) is 3.00. The maximum Gasteiger partial charge on any atom is 0.243 e. The number of H-pyrrole nitrogens is 1. The molecule has 0 bridgehead atoms. The molecule has 0 unspecified atom stereocenters. The van der Waals surface area contributed by atoms with Crippen LogP contribution in [0.2, 0.25) is 0 Å². The number of nitrogens with one attached hydrogen (secondary N) is 2. The quantitative estimate of drug-likeness (QED) is 0.648. The summed E-state index contributed by atoms with van der Waals surface area (Å²) in [7, 11) is -3.75. The minimum Gasteiger partial charge on any atom is -0.326 e. The van der Waals surface area contributed by atoms with Crippen LogP contribution in [0.4, 0.5) is 10.1 Å². The molecule has 3 aromatic rings. The van der Waals surface area contributed by atoms with E-state index in [9.17, 15) is 17.6 Å². The fourth-order valence-corrected chi connectivity index (χ4v) is 5.44. The van der Waals surface area contributed by atoms with E-state index in [2.05, 4.69) is 15.5 Å². The fraction of sp³-hybridized carbons (Fsp3) is 0.238. The number of hydrogen-bond acceptors (Lipinski definition) is 4. The van der Waals surface area contributed by atoms with Gasteiger partial charge in [-0.2, -0.15) is 9.40 Å². The molecule has 1 saturated heterocycles. The zero-order valence-corrected chi connectivity index (χ0v) is 17.1. The van der Waals surface area contributed by atoms with Crippen LogP contribution in [-0.4, -0.2) is 35.4 Å². The maximum absolute atomic E-state index is 13.3. The van der Waals surface area contributed by atoms with Crippen LogP contribution in [0.3, 0.4) is 0 Å². The average molecular weight is 428 g/mol. The van der Waals surface area contributed by atoms with E-state index in [1.54, 1.807) is 30.5 Å². The Hall–Kier alpha value is -3.04. The first-order valence-electron chi connectivity index (χ1n) is 9.55. The Morgan fingerprint density at radius 3 is 2.53 bits per heavy atom. The Morgan fingerprint density at radius 1 is 1.17 bits per heavy atom. The molecule has 9 heteroatoms. The first kappa shape index (κ1) is 20.2. The van der Waals surface area contributed by atoms with Gasteiger partial charge in [0.15, 0.2) is 0 Å². The average Bonchev–Trinajstić information content (AvgIpc) is 3.38. The number of amides is 1. The minimum absolute atomic E-state index is 0.159. The van der Waals surface area contributed by atoms with E-state index < -0.39 is 16.1 Å². The number of aromatic amines is 1. The van der Waals surface area contributed by atoms with Gasteiger partial charge < -0.3 is 5.32 Å². The van der Waals surface area contributed by atoms with E-state index in [-0.39, 0.29) is 16.6 Å². The Bertz CT molecular complexity index is 1160. The molecule has 2 heterocycles. The molecule has 1 aliphatic heterocycles. The van der Waals surface area contributed by atoms with Crippen molar-refractivity contribution in [3.8, 4) is 11.1 Å². The van der Waals surface area contributed by atoms with Crippen molar-refractivity contribution in [2.75, 3.05) is 11.9 Å². The molecule has 1 aliphatic rings. The molecule has 0 aliphatic carbocycles. The number of halogens is 1. The lowest BCUT2D eigenvalue weighted by molar-refractivity contribution is -0.114. The SMILES string of the molecule is CC(=O)Nc1ccc(S(=O)(=O)N2CCC[C@H]2c2[nH]ncc2-c2ccc(F)cc2)cc1. The lowest BCUT2D eigenvalue weighted by Crippen LogP contribution is -2.31. The third-order valence-corrected chi connectivity index (χ3v) is 7.06. The van der Waals surface area contributed by atoms with Gasteiger partial charge in [-0.25, -0.2) is 12.8 Å². The normalized spacial score (nSPS) is 17.2. The van der Waals surface area contributed by atoms with Crippen molar-refractivity contribution < 1.29 is 17.6 Å². The number of aromatic nitrogens is 2. The molecular formula is C21H21FN4O3S. The molecule has 1 aromatic heterocycles. The molecule has 1 amide bonds. The smallest absolute Gasteiger partial charge is 0.243 e. The summed E-state index contributed by atoms with van der Waals surface area (Å²) in [4.78, 5) is 11.3. The highest BCUT2D eigenvalue weighted by Gasteiger charge is 2.38. The molecule has 2 aromatic carbocycles. The molecule has 156 valence electrons. The van der Waals surface area contributed by atoms with Crippen molar-refractivity contribution in [2.24, 2.45) is 0 Å². The molecule has 1 fully saturated rings. The Labute approximate surface area is 174 Å². The molecule has 4 rings (SSSR count). The van der Waals surface area contributed by atoms with Gasteiger partial charge in [0.1, 0.15) is 5.82 Å². The Balaban J connectivity index is 1.65. The number of anilines is 1. The number of hydrogen-bond donors (Lipinski definition) is 2. The van der Waals surface area contributed by atoms with Gasteiger partial charge in [-0.1, -0.05) is 12.1 Å². The second kappa shape index (κ2) is 8.00. The number of carbonyl (C=O) groups excluding carboxylic acids is 1. The zero-order chi connectivity index (χ0) is 21.3. The van der Waals surface area contributed by atoms with Crippen LogP contribution in [0.1, 0.15) is 31.5 Å². The van der Waals surface area contributed by atoms with E-state index in [0.29, 0.717) is 24.3 Å². The lowest BCUT2D eigenvalue weighted by Gasteiger charge is -2.24. The van der Waals surface area contributed by atoms with Crippen molar-refractivity contribution in [1.82, 2.24) is 14.5 Å². The van der Waals surface area contributed by atoms with Crippen LogP contribution < -0.4 is 5.32 Å². The Morgan fingerprint density at radius 2 is 1.87 bits per heavy atom. The molecule has 2 N–H and O–H groups in total. The number of sulfonamides is 1. The van der Waals surface area contributed by atoms with Gasteiger partial charge in [-0.3, -0.25) is 9.89 Å². The molecule has 0 radical (unpaired) electrons. The van der Waals surface area contributed by atoms with Crippen molar-refractivity contribution in [1.29, 1.82) is 0 Å². The highest BCUT2D eigenvalue weighted by atomic mass is 32.2. The standard InChI is InChI=1S/C21H21FN4O3S/c1-14(27)24-17-8-10-18(11-9-17)30(28,29)26-12-2-3-20(26)21-19(13-23-25-21)15-4-6-16(22)7-5-15/h4-11,13,20H,2-3,12H2,1H3,(H,23,25)(H,24,27)/t20-/m0/s1. The summed E-state index contributed by atoms with van der Waals surface area (Å²) in [5.41, 5.74) is 2.75. The van der Waals surface area contributed by atoms with Crippen LogP contribution in [0.25, 0.3) is 11.1 Å². The van der Waals surface area contributed by atoms with Crippen molar-refractivity contribution >= 4 is 21.6 Å². The number of carbonyl (C=O) groups is 1. The maximum atomic E-state index is 13.3. The van der Waals surface area contributed by atoms with Gasteiger partial charge in [-0.05, 0) is 54.8 Å². The van der Waals surface area contributed by atoms with Crippen LogP contribution >= 0.6 is 0 Å². The van der Waals surface area contributed by atoms with Crippen molar-refractivity contribution in [2.45, 2.75) is 30.7 Å². The number of rotatable bonds is 5. The highest BCUT2D eigenvalue weighted by Crippen LogP contribution is 2.39. The predicted molar refractivity (Wildman–Crippen MR) is 111 cm³/mol. The van der Waals surface area contributed by atoms with Gasteiger partial charge in [0.25, 0.3) is 0 Å². The fourth-order valence-electron chi connectivity index (χ4n) is 3.77. The predicted octanol–water partition coefficient (Wildman–Crippen LogP) is 3.70. The van der Waals surface area contributed by atoms with E-state index >= 15 is 0 Å². The summed E-state index contributed by atoms with van der Waals surface area (Å²) in [5, 5.41) is 9.69. The van der Waals surface area contributed by atoms with Crippen LogP contribution in [-0.2, 0) is 14.8 Å². The van der Waals surface area contributed by atoms with Crippen LogP contribution in [0, 0.1) is 5.82 Å². The van der Waals surface area contributed by atoms with E-state index in [0.717, 1.165) is 17.5 Å². The van der Waals surface area contributed by atoms with Gasteiger partial charge in [0, 0.05) is 24.7 Å². The van der Waals surface area contributed by atoms with Gasteiger partial charge in [0.2, 0.25) is 15.9 Å². The van der Waals surface area contributed by atoms with Crippen LogP contribution in [0.5, 0.6) is 0 Å². The first-order chi connectivity index (χ1) is 14.4. The largest absolute Gasteiger partial charge is 0.326 e. The van der Waals surface area contributed by atoms with E-state index in [1.807, 2.05) is 0 Å². The molecule has 1 atom stereocenters. The molecule has 7 nitrogen and oxygen atoms in total. The second-order valence-electron chi connectivity index (χ2n) is 7.18. The highest BCUT2D eigenvalue weighted by molar-refractivity contribution is 7.89. The summed E-state index contributed by atoms with van der Waals surface area (Å²) in [5.74, 6) is -0.561.